The first-order valence-corrected chi connectivity index (χ1v) is 8.03. The van der Waals surface area contributed by atoms with Gasteiger partial charge < -0.3 is 10.2 Å². The minimum atomic E-state index is -0.370. The molecule has 0 fully saturated rings. The highest BCUT2D eigenvalue weighted by Crippen LogP contribution is 2.30. The van der Waals surface area contributed by atoms with Crippen molar-refractivity contribution in [2.45, 2.75) is 32.4 Å². The van der Waals surface area contributed by atoms with E-state index in [-0.39, 0.29) is 23.3 Å². The lowest BCUT2D eigenvalue weighted by atomic mass is 9.87. The molecule has 3 nitrogen and oxygen atoms in total. The van der Waals surface area contributed by atoms with Crippen molar-refractivity contribution in [1.82, 2.24) is 10.2 Å². The van der Waals surface area contributed by atoms with Crippen molar-refractivity contribution in [2.24, 2.45) is 0 Å². The summed E-state index contributed by atoms with van der Waals surface area (Å²) < 4.78 is 13.8. The number of nitrogens with zero attached hydrogens (tertiary/aromatic N) is 1. The number of halogens is 1. The van der Waals surface area contributed by atoms with E-state index in [2.05, 4.69) is 24.1 Å². The summed E-state index contributed by atoms with van der Waals surface area (Å²) in [5, 5.41) is 3.09. The van der Waals surface area contributed by atoms with Gasteiger partial charge in [0.05, 0.1) is 6.04 Å². The van der Waals surface area contributed by atoms with Gasteiger partial charge >= 0.3 is 0 Å². The number of rotatable bonds is 5. The Balaban J connectivity index is 2.39. The van der Waals surface area contributed by atoms with E-state index < -0.39 is 0 Å². The molecule has 0 aromatic heterocycles. The predicted molar refractivity (Wildman–Crippen MR) is 95.6 cm³/mol. The van der Waals surface area contributed by atoms with Crippen molar-refractivity contribution < 1.29 is 9.18 Å². The van der Waals surface area contributed by atoms with Gasteiger partial charge in [-0.15, -0.1) is 0 Å². The number of nitrogens with one attached hydrogen (secondary N) is 1. The Hall–Kier alpha value is -2.20. The fourth-order valence-corrected chi connectivity index (χ4v) is 2.63. The Morgan fingerprint density at radius 3 is 2.29 bits per heavy atom. The SMILES string of the molecule is Cc1c(F)cccc1C(=O)NC(c1ccccc1)C(C)(C)N(C)C. The minimum Gasteiger partial charge on any atom is -0.343 e. The van der Waals surface area contributed by atoms with E-state index in [0.717, 1.165) is 5.56 Å². The summed E-state index contributed by atoms with van der Waals surface area (Å²) in [6, 6.07) is 14.2. The molecule has 0 spiro atoms. The first-order valence-electron chi connectivity index (χ1n) is 8.03. The maximum absolute atomic E-state index is 13.8. The second kappa shape index (κ2) is 7.14. The van der Waals surface area contributed by atoms with Crippen LogP contribution < -0.4 is 5.32 Å². The predicted octanol–water partition coefficient (Wildman–Crippen LogP) is 3.95. The van der Waals surface area contributed by atoms with Crippen molar-refractivity contribution in [2.75, 3.05) is 14.1 Å². The van der Waals surface area contributed by atoms with E-state index >= 15 is 0 Å². The molecule has 0 bridgehead atoms. The summed E-state index contributed by atoms with van der Waals surface area (Å²) in [4.78, 5) is 14.8. The van der Waals surface area contributed by atoms with Crippen molar-refractivity contribution in [3.05, 3.63) is 71.0 Å². The average molecular weight is 328 g/mol. The fraction of sp³-hybridized carbons (Fsp3) is 0.350. The molecule has 4 heteroatoms. The normalized spacial score (nSPS) is 13.0. The van der Waals surface area contributed by atoms with Crippen molar-refractivity contribution in [1.29, 1.82) is 0 Å². The standard InChI is InChI=1S/C20H25FN2O/c1-14-16(12-9-13-17(14)21)19(24)22-18(20(2,3)23(4)5)15-10-7-6-8-11-15/h6-13,18H,1-5H3,(H,22,24). The van der Waals surface area contributed by atoms with Crippen LogP contribution >= 0.6 is 0 Å². The highest BCUT2D eigenvalue weighted by atomic mass is 19.1. The van der Waals surface area contributed by atoms with Gasteiger partial charge in [-0.05, 0) is 58.1 Å². The highest BCUT2D eigenvalue weighted by Gasteiger charge is 2.34. The molecule has 1 amide bonds. The number of hydrogen-bond donors (Lipinski definition) is 1. The molecule has 128 valence electrons. The van der Waals surface area contributed by atoms with E-state index in [1.165, 1.54) is 6.07 Å². The van der Waals surface area contributed by atoms with Gasteiger partial charge in [0.2, 0.25) is 0 Å². The molecule has 2 aromatic rings. The van der Waals surface area contributed by atoms with Gasteiger partial charge in [0.1, 0.15) is 5.82 Å². The third-order valence-corrected chi connectivity index (χ3v) is 4.78. The molecule has 0 heterocycles. The summed E-state index contributed by atoms with van der Waals surface area (Å²) in [7, 11) is 3.96. The van der Waals surface area contributed by atoms with Gasteiger partial charge in [-0.25, -0.2) is 4.39 Å². The van der Waals surface area contributed by atoms with Crippen LogP contribution in [-0.2, 0) is 0 Å². The van der Waals surface area contributed by atoms with Gasteiger partial charge in [-0.3, -0.25) is 4.79 Å². The van der Waals surface area contributed by atoms with Crippen LogP contribution in [0.1, 0.15) is 41.4 Å². The summed E-state index contributed by atoms with van der Waals surface area (Å²) in [5.74, 6) is -0.637. The molecule has 24 heavy (non-hydrogen) atoms. The van der Waals surface area contributed by atoms with Gasteiger partial charge in [-0.1, -0.05) is 36.4 Å². The quantitative estimate of drug-likeness (QED) is 0.901. The van der Waals surface area contributed by atoms with Crippen LogP contribution in [0.5, 0.6) is 0 Å². The van der Waals surface area contributed by atoms with Crippen LogP contribution in [0.4, 0.5) is 4.39 Å². The molecule has 0 aliphatic heterocycles. The molecule has 1 atom stereocenters. The van der Waals surface area contributed by atoms with Crippen LogP contribution in [0.15, 0.2) is 48.5 Å². The third-order valence-electron chi connectivity index (χ3n) is 4.78. The summed E-state index contributed by atoms with van der Waals surface area (Å²) in [6.45, 7) is 5.77. The molecule has 0 radical (unpaired) electrons. The summed E-state index contributed by atoms with van der Waals surface area (Å²) >= 11 is 0. The zero-order valence-electron chi connectivity index (χ0n) is 14.9. The molecule has 0 aliphatic rings. The highest BCUT2D eigenvalue weighted by molar-refractivity contribution is 5.96. The molecule has 2 rings (SSSR count). The molecule has 0 saturated carbocycles. The average Bonchev–Trinajstić information content (AvgIpc) is 2.55. The van der Waals surface area contributed by atoms with E-state index in [4.69, 9.17) is 0 Å². The van der Waals surface area contributed by atoms with Gasteiger partial charge in [0.25, 0.3) is 5.91 Å². The smallest absolute Gasteiger partial charge is 0.252 e. The zero-order valence-corrected chi connectivity index (χ0v) is 14.9. The van der Waals surface area contributed by atoms with Crippen LogP contribution in [0.2, 0.25) is 0 Å². The Labute approximate surface area is 143 Å². The van der Waals surface area contributed by atoms with Crippen molar-refractivity contribution in [3.63, 3.8) is 0 Å². The molecule has 2 aromatic carbocycles. The van der Waals surface area contributed by atoms with E-state index in [9.17, 15) is 9.18 Å². The monoisotopic (exact) mass is 328 g/mol. The van der Waals surface area contributed by atoms with E-state index in [1.54, 1.807) is 19.1 Å². The number of likely N-dealkylation sites (N-methyl/N-ethyl adjacent to an activating group) is 1. The Bertz CT molecular complexity index is 711. The Kier molecular flexibility index (Phi) is 5.40. The maximum atomic E-state index is 13.8. The molecule has 0 saturated heterocycles. The molecular weight excluding hydrogens is 303 g/mol. The fourth-order valence-electron chi connectivity index (χ4n) is 2.63. The van der Waals surface area contributed by atoms with Crippen molar-refractivity contribution in [3.8, 4) is 0 Å². The maximum Gasteiger partial charge on any atom is 0.252 e. The van der Waals surface area contributed by atoms with E-state index in [0.29, 0.717) is 11.1 Å². The first kappa shape index (κ1) is 18.1. The summed E-state index contributed by atoms with van der Waals surface area (Å²) in [6.07, 6.45) is 0. The minimum absolute atomic E-state index is 0.233. The molecular formula is C20H25FN2O. The van der Waals surface area contributed by atoms with Crippen LogP contribution in [-0.4, -0.2) is 30.4 Å². The lowest BCUT2D eigenvalue weighted by Gasteiger charge is -2.41. The molecule has 1 N–H and O–H groups in total. The second-order valence-corrected chi connectivity index (χ2v) is 6.78. The summed E-state index contributed by atoms with van der Waals surface area (Å²) in [5.41, 5.74) is 1.42. The van der Waals surface area contributed by atoms with Crippen LogP contribution in [0.25, 0.3) is 0 Å². The molecule has 1 unspecified atom stereocenters. The Morgan fingerprint density at radius 1 is 1.08 bits per heavy atom. The number of carbonyl (C=O) groups is 1. The Morgan fingerprint density at radius 2 is 1.71 bits per heavy atom. The van der Waals surface area contributed by atoms with Gasteiger partial charge in [-0.2, -0.15) is 0 Å². The van der Waals surface area contributed by atoms with E-state index in [1.807, 2.05) is 44.4 Å². The van der Waals surface area contributed by atoms with Gasteiger partial charge in [0, 0.05) is 11.1 Å². The topological polar surface area (TPSA) is 32.3 Å². The van der Waals surface area contributed by atoms with Crippen LogP contribution in [0.3, 0.4) is 0 Å². The van der Waals surface area contributed by atoms with Crippen LogP contribution in [0, 0.1) is 12.7 Å². The zero-order chi connectivity index (χ0) is 17.9. The second-order valence-electron chi connectivity index (χ2n) is 6.78. The first-order chi connectivity index (χ1) is 11.2. The number of benzene rings is 2. The lowest BCUT2D eigenvalue weighted by Crippen LogP contribution is -2.50. The lowest BCUT2D eigenvalue weighted by molar-refractivity contribution is 0.0839. The van der Waals surface area contributed by atoms with Crippen molar-refractivity contribution >= 4 is 5.91 Å². The third kappa shape index (κ3) is 3.65. The largest absolute Gasteiger partial charge is 0.343 e. The number of hydrogen-bond acceptors (Lipinski definition) is 2. The number of carbonyl (C=O) groups excluding carboxylic acids is 1. The molecule has 0 aliphatic carbocycles. The van der Waals surface area contributed by atoms with Gasteiger partial charge in [0.15, 0.2) is 0 Å². The number of amides is 1.